The van der Waals surface area contributed by atoms with Crippen LogP contribution >= 0.6 is 15.9 Å². The van der Waals surface area contributed by atoms with E-state index in [9.17, 15) is 0 Å². The molecule has 0 spiro atoms. The van der Waals surface area contributed by atoms with Gasteiger partial charge in [-0.05, 0) is 19.3 Å². The van der Waals surface area contributed by atoms with Crippen molar-refractivity contribution in [3.8, 4) is 0 Å². The quantitative estimate of drug-likeness (QED) is 0.539. The van der Waals surface area contributed by atoms with Crippen molar-refractivity contribution in [2.24, 2.45) is 0 Å². The Bertz CT molecular complexity index is 122. The summed E-state index contributed by atoms with van der Waals surface area (Å²) in [4.78, 5) is 0. The summed E-state index contributed by atoms with van der Waals surface area (Å²) in [7, 11) is 0. The fraction of sp³-hybridized carbons (Fsp3) is 1.00. The van der Waals surface area contributed by atoms with Crippen molar-refractivity contribution in [1.29, 1.82) is 0 Å². The van der Waals surface area contributed by atoms with Crippen LogP contribution in [0, 0.1) is 0 Å². The minimum absolute atomic E-state index is 0.0187. The van der Waals surface area contributed by atoms with Crippen LogP contribution < -0.4 is 0 Å². The van der Waals surface area contributed by atoms with Crippen molar-refractivity contribution >= 4 is 15.9 Å². The first-order chi connectivity index (χ1) is 5.83. The zero-order chi connectivity index (χ0) is 8.86. The van der Waals surface area contributed by atoms with Gasteiger partial charge in [0.25, 0.3) is 0 Å². The molecule has 0 aromatic heterocycles. The number of ether oxygens (including phenoxy) is 2. The van der Waals surface area contributed by atoms with Crippen LogP contribution in [0.2, 0.25) is 0 Å². The van der Waals surface area contributed by atoms with E-state index in [4.69, 9.17) is 9.47 Å². The Morgan fingerprint density at radius 1 is 1.58 bits per heavy atom. The van der Waals surface area contributed by atoms with E-state index in [1.54, 1.807) is 0 Å². The van der Waals surface area contributed by atoms with E-state index < -0.39 is 0 Å². The molecule has 0 amide bonds. The molecule has 1 atom stereocenters. The molecule has 0 aliphatic carbocycles. The SMILES string of the molecule is CCCOCC1(CBr)CCCO1. The zero-order valence-corrected chi connectivity index (χ0v) is 9.23. The molecule has 0 aromatic rings. The third kappa shape index (κ3) is 2.71. The maximum absolute atomic E-state index is 5.66. The molecule has 2 nitrogen and oxygen atoms in total. The summed E-state index contributed by atoms with van der Waals surface area (Å²) in [6.45, 7) is 4.60. The van der Waals surface area contributed by atoms with E-state index in [0.717, 1.165) is 38.0 Å². The zero-order valence-electron chi connectivity index (χ0n) is 7.64. The van der Waals surface area contributed by atoms with Gasteiger partial charge in [0.2, 0.25) is 0 Å². The van der Waals surface area contributed by atoms with Gasteiger partial charge >= 0.3 is 0 Å². The van der Waals surface area contributed by atoms with E-state index in [-0.39, 0.29) is 5.60 Å². The Balaban J connectivity index is 2.24. The number of rotatable bonds is 5. The first kappa shape index (κ1) is 10.5. The molecule has 0 N–H and O–H groups in total. The second-order valence-corrected chi connectivity index (χ2v) is 3.88. The highest BCUT2D eigenvalue weighted by molar-refractivity contribution is 9.09. The van der Waals surface area contributed by atoms with Crippen molar-refractivity contribution in [2.45, 2.75) is 31.8 Å². The third-order valence-electron chi connectivity index (χ3n) is 2.14. The van der Waals surface area contributed by atoms with Crippen molar-refractivity contribution in [2.75, 3.05) is 25.2 Å². The summed E-state index contributed by atoms with van der Waals surface area (Å²) in [5.74, 6) is 0. The highest BCUT2D eigenvalue weighted by Crippen LogP contribution is 2.27. The first-order valence-electron chi connectivity index (χ1n) is 4.61. The van der Waals surface area contributed by atoms with Gasteiger partial charge in [0.05, 0.1) is 6.61 Å². The minimum atomic E-state index is -0.0187. The van der Waals surface area contributed by atoms with Gasteiger partial charge in [0.15, 0.2) is 0 Å². The molecular formula is C9H17BrO2. The Morgan fingerprint density at radius 2 is 2.42 bits per heavy atom. The van der Waals surface area contributed by atoms with Crippen molar-refractivity contribution in [3.63, 3.8) is 0 Å². The smallest absolute Gasteiger partial charge is 0.101 e. The summed E-state index contributed by atoms with van der Waals surface area (Å²) in [5.41, 5.74) is -0.0187. The van der Waals surface area contributed by atoms with Crippen LogP contribution in [0.25, 0.3) is 0 Å². The average Bonchev–Trinajstić information content (AvgIpc) is 2.55. The van der Waals surface area contributed by atoms with Gasteiger partial charge in [-0.25, -0.2) is 0 Å². The molecule has 0 radical (unpaired) electrons. The standard InChI is InChI=1S/C9H17BrO2/c1-2-5-11-8-9(7-10)4-3-6-12-9/h2-8H2,1H3. The van der Waals surface area contributed by atoms with Gasteiger partial charge < -0.3 is 9.47 Å². The van der Waals surface area contributed by atoms with E-state index in [1.807, 2.05) is 0 Å². The van der Waals surface area contributed by atoms with Gasteiger partial charge in [-0.3, -0.25) is 0 Å². The van der Waals surface area contributed by atoms with Crippen LogP contribution in [0.15, 0.2) is 0 Å². The molecule has 0 aromatic carbocycles. The Kier molecular flexibility index (Phi) is 4.54. The fourth-order valence-corrected chi connectivity index (χ4v) is 2.02. The first-order valence-corrected chi connectivity index (χ1v) is 5.73. The lowest BCUT2D eigenvalue weighted by atomic mass is 10.0. The molecule has 1 fully saturated rings. The predicted molar refractivity (Wildman–Crippen MR) is 52.8 cm³/mol. The van der Waals surface area contributed by atoms with Gasteiger partial charge in [-0.15, -0.1) is 0 Å². The maximum Gasteiger partial charge on any atom is 0.101 e. The van der Waals surface area contributed by atoms with Crippen LogP contribution in [0.3, 0.4) is 0 Å². The summed E-state index contributed by atoms with van der Waals surface area (Å²) in [6, 6.07) is 0. The van der Waals surface area contributed by atoms with Crippen LogP contribution in [-0.4, -0.2) is 30.8 Å². The average molecular weight is 237 g/mol. The molecule has 1 unspecified atom stereocenters. The number of hydrogen-bond donors (Lipinski definition) is 0. The van der Waals surface area contributed by atoms with Gasteiger partial charge in [-0.1, -0.05) is 22.9 Å². The topological polar surface area (TPSA) is 18.5 Å². The molecule has 1 saturated heterocycles. The highest BCUT2D eigenvalue weighted by atomic mass is 79.9. The molecule has 72 valence electrons. The van der Waals surface area contributed by atoms with E-state index >= 15 is 0 Å². The maximum atomic E-state index is 5.66. The van der Waals surface area contributed by atoms with Crippen LogP contribution in [0.4, 0.5) is 0 Å². The van der Waals surface area contributed by atoms with Crippen LogP contribution in [0.1, 0.15) is 26.2 Å². The van der Waals surface area contributed by atoms with Crippen molar-refractivity contribution < 1.29 is 9.47 Å². The van der Waals surface area contributed by atoms with Crippen LogP contribution in [-0.2, 0) is 9.47 Å². The fourth-order valence-electron chi connectivity index (χ4n) is 1.42. The largest absolute Gasteiger partial charge is 0.378 e. The molecule has 1 heterocycles. The summed E-state index contributed by atoms with van der Waals surface area (Å²) >= 11 is 3.48. The molecule has 0 saturated carbocycles. The molecule has 3 heteroatoms. The Labute approximate surface area is 82.7 Å². The van der Waals surface area contributed by atoms with Gasteiger partial charge in [0, 0.05) is 18.5 Å². The van der Waals surface area contributed by atoms with Gasteiger partial charge in [-0.2, -0.15) is 0 Å². The third-order valence-corrected chi connectivity index (χ3v) is 3.16. The van der Waals surface area contributed by atoms with E-state index in [1.165, 1.54) is 6.42 Å². The number of halogens is 1. The lowest BCUT2D eigenvalue weighted by Gasteiger charge is -2.25. The van der Waals surface area contributed by atoms with Crippen molar-refractivity contribution in [3.05, 3.63) is 0 Å². The molecule has 1 aliphatic rings. The molecule has 1 aliphatic heterocycles. The number of alkyl halides is 1. The molecule has 1 rings (SSSR count). The van der Waals surface area contributed by atoms with Crippen molar-refractivity contribution in [1.82, 2.24) is 0 Å². The molecule has 0 bridgehead atoms. The van der Waals surface area contributed by atoms with Gasteiger partial charge in [0.1, 0.15) is 5.60 Å². The minimum Gasteiger partial charge on any atom is -0.378 e. The Hall–Kier alpha value is 0.400. The van der Waals surface area contributed by atoms with E-state index in [0.29, 0.717) is 0 Å². The normalized spacial score (nSPS) is 29.5. The van der Waals surface area contributed by atoms with E-state index in [2.05, 4.69) is 22.9 Å². The molecule has 12 heavy (non-hydrogen) atoms. The van der Waals surface area contributed by atoms with Crippen LogP contribution in [0.5, 0.6) is 0 Å². The summed E-state index contributed by atoms with van der Waals surface area (Å²) < 4.78 is 11.2. The second kappa shape index (κ2) is 5.20. The monoisotopic (exact) mass is 236 g/mol. The summed E-state index contributed by atoms with van der Waals surface area (Å²) in [6.07, 6.45) is 3.38. The highest BCUT2D eigenvalue weighted by Gasteiger charge is 2.34. The lowest BCUT2D eigenvalue weighted by molar-refractivity contribution is -0.0469. The second-order valence-electron chi connectivity index (χ2n) is 3.32. The predicted octanol–water partition coefficient (Wildman–Crippen LogP) is 2.36. The lowest BCUT2D eigenvalue weighted by Crippen LogP contribution is -2.35. The summed E-state index contributed by atoms with van der Waals surface area (Å²) in [5, 5.41) is 0.893. The Morgan fingerprint density at radius 3 is 2.92 bits per heavy atom. The molecular weight excluding hydrogens is 220 g/mol. The number of hydrogen-bond acceptors (Lipinski definition) is 2.